The molecule has 0 fully saturated rings. The first kappa shape index (κ1) is 13.2. The first-order chi connectivity index (χ1) is 7.81. The molecule has 1 unspecified atom stereocenters. The molecule has 0 aliphatic rings. The summed E-state index contributed by atoms with van der Waals surface area (Å²) < 4.78 is 1.98. The van der Waals surface area contributed by atoms with Crippen molar-refractivity contribution in [2.75, 3.05) is 6.54 Å². The summed E-state index contributed by atoms with van der Waals surface area (Å²) in [5, 5.41) is 4.19. The van der Waals surface area contributed by atoms with E-state index in [4.69, 9.17) is 5.73 Å². The summed E-state index contributed by atoms with van der Waals surface area (Å²) in [6.45, 7) is 6.04. The predicted octanol–water partition coefficient (Wildman–Crippen LogP) is 2.00. The maximum Gasteiger partial charge on any atom is 0.138 e. The van der Waals surface area contributed by atoms with Gasteiger partial charge in [0.2, 0.25) is 0 Å². The molecule has 0 saturated carbocycles. The lowest BCUT2D eigenvalue weighted by atomic mass is 9.94. The SMILES string of the molecule is CCCC(CCN)CCc1ncnn1CC. The van der Waals surface area contributed by atoms with Crippen LogP contribution in [0, 0.1) is 5.92 Å². The van der Waals surface area contributed by atoms with E-state index in [0.717, 1.165) is 37.7 Å². The van der Waals surface area contributed by atoms with Gasteiger partial charge in [-0.2, -0.15) is 5.10 Å². The van der Waals surface area contributed by atoms with Crippen molar-refractivity contribution in [3.63, 3.8) is 0 Å². The molecule has 1 rings (SSSR count). The Bertz CT molecular complexity index is 276. The fraction of sp³-hybridized carbons (Fsp3) is 0.833. The summed E-state index contributed by atoms with van der Waals surface area (Å²) >= 11 is 0. The summed E-state index contributed by atoms with van der Waals surface area (Å²) in [5.41, 5.74) is 5.63. The lowest BCUT2D eigenvalue weighted by molar-refractivity contribution is 0.412. The summed E-state index contributed by atoms with van der Waals surface area (Å²) in [5.74, 6) is 1.86. The van der Waals surface area contributed by atoms with E-state index in [0.29, 0.717) is 0 Å². The highest BCUT2D eigenvalue weighted by Crippen LogP contribution is 2.17. The first-order valence-electron chi connectivity index (χ1n) is 6.38. The minimum absolute atomic E-state index is 0.747. The molecule has 0 spiro atoms. The van der Waals surface area contributed by atoms with E-state index in [1.807, 2.05) is 4.68 Å². The third-order valence-corrected chi connectivity index (χ3v) is 3.04. The smallest absolute Gasteiger partial charge is 0.138 e. The van der Waals surface area contributed by atoms with Crippen molar-refractivity contribution in [2.24, 2.45) is 11.7 Å². The van der Waals surface area contributed by atoms with Crippen LogP contribution in [-0.2, 0) is 13.0 Å². The van der Waals surface area contributed by atoms with Gasteiger partial charge < -0.3 is 5.73 Å². The highest BCUT2D eigenvalue weighted by Gasteiger charge is 2.09. The maximum atomic E-state index is 5.63. The third-order valence-electron chi connectivity index (χ3n) is 3.04. The van der Waals surface area contributed by atoms with Crippen molar-refractivity contribution in [3.8, 4) is 0 Å². The zero-order valence-corrected chi connectivity index (χ0v) is 10.5. The van der Waals surface area contributed by atoms with Gasteiger partial charge in [-0.25, -0.2) is 4.98 Å². The average molecular weight is 224 g/mol. The summed E-state index contributed by atoms with van der Waals surface area (Å²) in [6, 6.07) is 0. The van der Waals surface area contributed by atoms with Gasteiger partial charge in [0, 0.05) is 13.0 Å². The maximum absolute atomic E-state index is 5.63. The Morgan fingerprint density at radius 1 is 1.31 bits per heavy atom. The average Bonchev–Trinajstić information content (AvgIpc) is 2.74. The zero-order chi connectivity index (χ0) is 11.8. The molecule has 0 aliphatic heterocycles. The van der Waals surface area contributed by atoms with Gasteiger partial charge in [-0.05, 0) is 32.2 Å². The summed E-state index contributed by atoms with van der Waals surface area (Å²) in [4.78, 5) is 4.30. The molecule has 0 aromatic carbocycles. The van der Waals surface area contributed by atoms with Crippen LogP contribution in [0.25, 0.3) is 0 Å². The number of aryl methyl sites for hydroxylation is 2. The third kappa shape index (κ3) is 3.93. The quantitative estimate of drug-likeness (QED) is 0.734. The Labute approximate surface area is 98.2 Å². The second-order valence-corrected chi connectivity index (χ2v) is 4.26. The van der Waals surface area contributed by atoms with Crippen molar-refractivity contribution >= 4 is 0 Å². The van der Waals surface area contributed by atoms with Crippen LogP contribution in [0.1, 0.15) is 45.4 Å². The molecule has 1 aromatic heterocycles. The molecular weight excluding hydrogens is 200 g/mol. The van der Waals surface area contributed by atoms with Gasteiger partial charge >= 0.3 is 0 Å². The highest BCUT2D eigenvalue weighted by atomic mass is 15.3. The lowest BCUT2D eigenvalue weighted by Gasteiger charge is -2.14. The van der Waals surface area contributed by atoms with Gasteiger partial charge in [-0.15, -0.1) is 0 Å². The van der Waals surface area contributed by atoms with Crippen molar-refractivity contribution < 1.29 is 0 Å². The van der Waals surface area contributed by atoms with Crippen LogP contribution < -0.4 is 5.73 Å². The second-order valence-electron chi connectivity index (χ2n) is 4.26. The monoisotopic (exact) mass is 224 g/mol. The molecule has 1 atom stereocenters. The van der Waals surface area contributed by atoms with Gasteiger partial charge in [0.1, 0.15) is 12.2 Å². The number of nitrogens with two attached hydrogens (primary N) is 1. The van der Waals surface area contributed by atoms with E-state index in [1.165, 1.54) is 19.3 Å². The molecule has 0 saturated heterocycles. The number of nitrogens with zero attached hydrogens (tertiary/aromatic N) is 3. The van der Waals surface area contributed by atoms with Crippen LogP contribution in [0.4, 0.5) is 0 Å². The number of rotatable bonds is 8. The van der Waals surface area contributed by atoms with Gasteiger partial charge in [0.15, 0.2) is 0 Å². The Morgan fingerprint density at radius 3 is 2.75 bits per heavy atom. The fourth-order valence-electron chi connectivity index (χ4n) is 2.16. The van der Waals surface area contributed by atoms with Crippen LogP contribution >= 0.6 is 0 Å². The minimum atomic E-state index is 0.747. The number of hydrogen-bond acceptors (Lipinski definition) is 3. The summed E-state index contributed by atoms with van der Waals surface area (Å²) in [7, 11) is 0. The second kappa shape index (κ2) is 7.39. The van der Waals surface area contributed by atoms with Gasteiger partial charge in [-0.3, -0.25) is 4.68 Å². The first-order valence-corrected chi connectivity index (χ1v) is 6.38. The molecule has 4 nitrogen and oxygen atoms in total. The zero-order valence-electron chi connectivity index (χ0n) is 10.5. The predicted molar refractivity (Wildman–Crippen MR) is 66.1 cm³/mol. The minimum Gasteiger partial charge on any atom is -0.330 e. The van der Waals surface area contributed by atoms with Crippen molar-refractivity contribution in [1.82, 2.24) is 14.8 Å². The normalized spacial score (nSPS) is 12.9. The molecule has 0 amide bonds. The van der Waals surface area contributed by atoms with E-state index >= 15 is 0 Å². The fourth-order valence-corrected chi connectivity index (χ4v) is 2.16. The molecule has 1 aromatic rings. The highest BCUT2D eigenvalue weighted by molar-refractivity contribution is 4.85. The standard InChI is InChI=1S/C12H24N4/c1-3-5-11(8-9-13)6-7-12-14-10-15-16(12)4-2/h10-11H,3-9,13H2,1-2H3. The van der Waals surface area contributed by atoms with E-state index in [-0.39, 0.29) is 0 Å². The largest absolute Gasteiger partial charge is 0.330 e. The Hall–Kier alpha value is -0.900. The molecule has 2 N–H and O–H groups in total. The van der Waals surface area contributed by atoms with E-state index in [1.54, 1.807) is 6.33 Å². The van der Waals surface area contributed by atoms with Crippen molar-refractivity contribution in [2.45, 2.75) is 52.5 Å². The van der Waals surface area contributed by atoms with Crippen LogP contribution in [0.3, 0.4) is 0 Å². The Kier molecular flexibility index (Phi) is 6.08. The molecule has 0 radical (unpaired) electrons. The molecule has 0 aliphatic carbocycles. The molecule has 4 heteroatoms. The van der Waals surface area contributed by atoms with Crippen LogP contribution in [0.2, 0.25) is 0 Å². The molecule has 1 heterocycles. The Balaban J connectivity index is 2.41. The van der Waals surface area contributed by atoms with Crippen LogP contribution in [0.15, 0.2) is 6.33 Å². The van der Waals surface area contributed by atoms with Gasteiger partial charge in [0.25, 0.3) is 0 Å². The van der Waals surface area contributed by atoms with Gasteiger partial charge in [0.05, 0.1) is 0 Å². The molecule has 0 bridgehead atoms. The lowest BCUT2D eigenvalue weighted by Crippen LogP contribution is -2.11. The van der Waals surface area contributed by atoms with Crippen molar-refractivity contribution in [1.29, 1.82) is 0 Å². The number of aromatic nitrogens is 3. The van der Waals surface area contributed by atoms with Crippen LogP contribution in [0.5, 0.6) is 0 Å². The van der Waals surface area contributed by atoms with E-state index in [2.05, 4.69) is 23.9 Å². The molecular formula is C12H24N4. The van der Waals surface area contributed by atoms with Crippen molar-refractivity contribution in [3.05, 3.63) is 12.2 Å². The van der Waals surface area contributed by atoms with E-state index in [9.17, 15) is 0 Å². The van der Waals surface area contributed by atoms with E-state index < -0.39 is 0 Å². The number of hydrogen-bond donors (Lipinski definition) is 1. The molecule has 92 valence electrons. The summed E-state index contributed by atoms with van der Waals surface area (Å²) in [6.07, 6.45) is 7.51. The Morgan fingerprint density at radius 2 is 2.12 bits per heavy atom. The van der Waals surface area contributed by atoms with Crippen LogP contribution in [-0.4, -0.2) is 21.3 Å². The topological polar surface area (TPSA) is 56.7 Å². The van der Waals surface area contributed by atoms with Gasteiger partial charge in [-0.1, -0.05) is 19.8 Å². The molecule has 16 heavy (non-hydrogen) atoms.